The van der Waals surface area contributed by atoms with E-state index in [0.29, 0.717) is 0 Å². The van der Waals surface area contributed by atoms with E-state index in [9.17, 15) is 13.6 Å². The fourth-order valence-electron chi connectivity index (χ4n) is 0.867. The molecule has 1 aromatic carbocycles. The highest BCUT2D eigenvalue weighted by molar-refractivity contribution is 6.26. The van der Waals surface area contributed by atoms with E-state index in [1.807, 2.05) is 0 Å². The predicted octanol–water partition coefficient (Wildman–Crippen LogP) is 1.37. The molecular weight excluding hydrogens is 242 g/mol. The summed E-state index contributed by atoms with van der Waals surface area (Å²) in [5.41, 5.74) is 5.00. The standard InChI is InChI=1S/C9H7ClF2N2O2/c10-4-8(15)16-14-9(13)6-3-5(11)1-2-7(6)12/h1-3H,4H2,(H2,13,14). The van der Waals surface area contributed by atoms with Crippen molar-refractivity contribution in [1.29, 1.82) is 0 Å². The van der Waals surface area contributed by atoms with Gasteiger partial charge in [0.1, 0.15) is 17.5 Å². The van der Waals surface area contributed by atoms with Crippen molar-refractivity contribution in [2.24, 2.45) is 10.9 Å². The number of carbonyl (C=O) groups is 1. The van der Waals surface area contributed by atoms with Gasteiger partial charge in [0, 0.05) is 0 Å². The number of oxime groups is 1. The van der Waals surface area contributed by atoms with Crippen LogP contribution in [0.3, 0.4) is 0 Å². The van der Waals surface area contributed by atoms with Crippen molar-refractivity contribution in [3.63, 3.8) is 0 Å². The number of nitrogens with two attached hydrogens (primary N) is 1. The van der Waals surface area contributed by atoms with Gasteiger partial charge in [0.25, 0.3) is 0 Å². The monoisotopic (exact) mass is 248 g/mol. The third-order valence-corrected chi connectivity index (χ3v) is 1.78. The first-order chi connectivity index (χ1) is 7.54. The van der Waals surface area contributed by atoms with Gasteiger partial charge in [-0.3, -0.25) is 0 Å². The lowest BCUT2D eigenvalue weighted by Gasteiger charge is -2.01. The summed E-state index contributed by atoms with van der Waals surface area (Å²) in [6.07, 6.45) is 0. The first kappa shape index (κ1) is 12.4. The highest BCUT2D eigenvalue weighted by Crippen LogP contribution is 2.09. The van der Waals surface area contributed by atoms with Gasteiger partial charge in [-0.25, -0.2) is 13.6 Å². The van der Waals surface area contributed by atoms with Crippen LogP contribution in [0, 0.1) is 11.6 Å². The van der Waals surface area contributed by atoms with E-state index in [4.69, 9.17) is 17.3 Å². The molecule has 4 nitrogen and oxygen atoms in total. The molecule has 1 rings (SSSR count). The molecule has 0 saturated heterocycles. The van der Waals surface area contributed by atoms with Gasteiger partial charge in [-0.15, -0.1) is 11.6 Å². The van der Waals surface area contributed by atoms with Gasteiger partial charge < -0.3 is 10.6 Å². The van der Waals surface area contributed by atoms with Crippen LogP contribution in [0.4, 0.5) is 8.78 Å². The topological polar surface area (TPSA) is 64.7 Å². The van der Waals surface area contributed by atoms with Gasteiger partial charge in [-0.1, -0.05) is 5.16 Å². The van der Waals surface area contributed by atoms with Crippen LogP contribution in [0.15, 0.2) is 23.4 Å². The number of hydrogen-bond donors (Lipinski definition) is 1. The van der Waals surface area contributed by atoms with Crippen LogP contribution in [0.5, 0.6) is 0 Å². The summed E-state index contributed by atoms with van der Waals surface area (Å²) in [6, 6.07) is 2.65. The molecule has 2 N–H and O–H groups in total. The van der Waals surface area contributed by atoms with Crippen molar-refractivity contribution in [3.8, 4) is 0 Å². The molecule has 86 valence electrons. The highest BCUT2D eigenvalue weighted by atomic mass is 35.5. The Morgan fingerprint density at radius 1 is 1.50 bits per heavy atom. The molecule has 1 aromatic rings. The number of benzene rings is 1. The molecule has 0 aliphatic carbocycles. The number of amidine groups is 1. The van der Waals surface area contributed by atoms with Crippen LogP contribution < -0.4 is 5.73 Å². The third-order valence-electron chi connectivity index (χ3n) is 1.56. The van der Waals surface area contributed by atoms with E-state index in [0.717, 1.165) is 18.2 Å². The molecule has 0 fully saturated rings. The third kappa shape index (κ3) is 3.16. The van der Waals surface area contributed by atoms with E-state index in [1.54, 1.807) is 0 Å². The van der Waals surface area contributed by atoms with Crippen molar-refractivity contribution >= 4 is 23.4 Å². The Balaban J connectivity index is 2.91. The molecule has 7 heteroatoms. The molecule has 0 spiro atoms. The fraction of sp³-hybridized carbons (Fsp3) is 0.111. The average Bonchev–Trinajstić information content (AvgIpc) is 2.28. The van der Waals surface area contributed by atoms with Crippen molar-refractivity contribution in [2.45, 2.75) is 0 Å². The summed E-state index contributed by atoms with van der Waals surface area (Å²) < 4.78 is 25.9. The SMILES string of the molecule is N/C(=N\OC(=O)CCl)c1cc(F)ccc1F. The smallest absolute Gasteiger partial charge is 0.349 e. The zero-order chi connectivity index (χ0) is 12.1. The lowest BCUT2D eigenvalue weighted by Crippen LogP contribution is -2.17. The van der Waals surface area contributed by atoms with Crippen molar-refractivity contribution in [3.05, 3.63) is 35.4 Å². The molecular formula is C9H7ClF2N2O2. The van der Waals surface area contributed by atoms with E-state index in [1.165, 1.54) is 0 Å². The van der Waals surface area contributed by atoms with Gasteiger partial charge in [0.15, 0.2) is 5.84 Å². The minimum atomic E-state index is -0.846. The Hall–Kier alpha value is -1.69. The maximum absolute atomic E-state index is 13.1. The van der Waals surface area contributed by atoms with Crippen LogP contribution in [0.2, 0.25) is 0 Å². The van der Waals surface area contributed by atoms with Crippen LogP contribution in [-0.2, 0) is 9.63 Å². The predicted molar refractivity (Wildman–Crippen MR) is 53.9 cm³/mol. The lowest BCUT2D eigenvalue weighted by molar-refractivity contribution is -0.140. The number of hydrogen-bond acceptors (Lipinski definition) is 3. The van der Waals surface area contributed by atoms with E-state index < -0.39 is 29.3 Å². The van der Waals surface area contributed by atoms with E-state index >= 15 is 0 Å². The summed E-state index contributed by atoms with van der Waals surface area (Å²) in [6.45, 7) is 0. The van der Waals surface area contributed by atoms with E-state index in [-0.39, 0.29) is 5.56 Å². The Morgan fingerprint density at radius 2 is 2.19 bits per heavy atom. The first-order valence-electron chi connectivity index (χ1n) is 4.09. The van der Waals surface area contributed by atoms with Crippen LogP contribution >= 0.6 is 11.6 Å². The van der Waals surface area contributed by atoms with Crippen molar-refractivity contribution in [2.75, 3.05) is 5.88 Å². The van der Waals surface area contributed by atoms with Gasteiger partial charge in [0.2, 0.25) is 0 Å². The maximum atomic E-state index is 13.1. The normalized spacial score (nSPS) is 11.3. The molecule has 0 radical (unpaired) electrons. The molecule has 0 heterocycles. The molecule has 0 bridgehead atoms. The number of halogens is 3. The summed E-state index contributed by atoms with van der Waals surface area (Å²) in [5.74, 6) is -3.16. The molecule has 16 heavy (non-hydrogen) atoms. The second-order valence-corrected chi connectivity index (χ2v) is 2.96. The minimum absolute atomic E-state index is 0.289. The Morgan fingerprint density at radius 3 is 2.81 bits per heavy atom. The zero-order valence-corrected chi connectivity index (χ0v) is 8.67. The fourth-order valence-corrected chi connectivity index (χ4v) is 0.916. The molecule has 0 aliphatic rings. The molecule has 0 amide bonds. The lowest BCUT2D eigenvalue weighted by atomic mass is 10.2. The van der Waals surface area contributed by atoms with Gasteiger partial charge in [-0.2, -0.15) is 0 Å². The van der Waals surface area contributed by atoms with Gasteiger partial charge >= 0.3 is 5.97 Å². The zero-order valence-electron chi connectivity index (χ0n) is 7.91. The average molecular weight is 249 g/mol. The maximum Gasteiger partial charge on any atom is 0.349 e. The second-order valence-electron chi connectivity index (χ2n) is 2.70. The van der Waals surface area contributed by atoms with Crippen LogP contribution in [0.1, 0.15) is 5.56 Å². The van der Waals surface area contributed by atoms with Crippen LogP contribution in [-0.4, -0.2) is 17.7 Å². The first-order valence-corrected chi connectivity index (χ1v) is 4.62. The highest BCUT2D eigenvalue weighted by Gasteiger charge is 2.09. The number of nitrogens with zero attached hydrogens (tertiary/aromatic N) is 1. The molecule has 0 aromatic heterocycles. The van der Waals surface area contributed by atoms with Crippen molar-refractivity contribution < 1.29 is 18.4 Å². The summed E-state index contributed by atoms with van der Waals surface area (Å²) >= 11 is 5.12. The molecule has 0 aliphatic heterocycles. The summed E-state index contributed by atoms with van der Waals surface area (Å²) in [5, 5.41) is 3.12. The van der Waals surface area contributed by atoms with Gasteiger partial charge in [-0.05, 0) is 18.2 Å². The van der Waals surface area contributed by atoms with Crippen LogP contribution in [0.25, 0.3) is 0 Å². The number of rotatable bonds is 3. The number of alkyl halides is 1. The largest absolute Gasteiger partial charge is 0.380 e. The van der Waals surface area contributed by atoms with E-state index in [2.05, 4.69) is 9.99 Å². The molecule has 0 unspecified atom stereocenters. The summed E-state index contributed by atoms with van der Waals surface area (Å²) in [4.78, 5) is 14.8. The summed E-state index contributed by atoms with van der Waals surface area (Å²) in [7, 11) is 0. The molecule has 0 saturated carbocycles. The second kappa shape index (κ2) is 5.41. The molecule has 0 atom stereocenters. The Labute approximate surface area is 94.6 Å². The van der Waals surface area contributed by atoms with Gasteiger partial charge in [0.05, 0.1) is 5.56 Å². The quantitative estimate of drug-likeness (QED) is 0.289. The Kier molecular flexibility index (Phi) is 4.19. The number of carbonyl (C=O) groups excluding carboxylic acids is 1. The van der Waals surface area contributed by atoms with Crippen molar-refractivity contribution in [1.82, 2.24) is 0 Å². The Bertz CT molecular complexity index is 438. The minimum Gasteiger partial charge on any atom is -0.380 e.